The van der Waals surface area contributed by atoms with Gasteiger partial charge in [0.1, 0.15) is 11.0 Å². The number of nitrogens with zero attached hydrogens (tertiary/aromatic N) is 2. The molecule has 2 aromatic heterocycles. The number of hydrogen-bond acceptors (Lipinski definition) is 5. The minimum absolute atomic E-state index is 0.0267. The van der Waals surface area contributed by atoms with Crippen molar-refractivity contribution in [3.05, 3.63) is 33.1 Å². The van der Waals surface area contributed by atoms with E-state index in [1.807, 2.05) is 6.07 Å². The fraction of sp³-hybridized carbons (Fsp3) is 0.286. The predicted octanol–water partition coefficient (Wildman–Crippen LogP) is 5.38. The second kappa shape index (κ2) is 5.82. The molecule has 3 nitrogen and oxygen atoms in total. The van der Waals surface area contributed by atoms with Crippen molar-refractivity contribution >= 4 is 57.3 Å². The summed E-state index contributed by atoms with van der Waals surface area (Å²) < 4.78 is 8.58. The van der Waals surface area contributed by atoms with Gasteiger partial charge in [-0.15, -0.1) is 11.3 Å². The average molecular weight is 358 g/mol. The van der Waals surface area contributed by atoms with Crippen LogP contribution in [0, 0.1) is 5.92 Å². The molecule has 1 atom stereocenters. The number of thiophene rings is 1. The molecule has 7 heteroatoms. The maximum Gasteiger partial charge on any atom is 0.124 e. The van der Waals surface area contributed by atoms with Crippen molar-refractivity contribution in [2.45, 2.75) is 19.9 Å². The fourth-order valence-electron chi connectivity index (χ4n) is 2.10. The summed E-state index contributed by atoms with van der Waals surface area (Å²) in [5.74, 6) is 0.387. The van der Waals surface area contributed by atoms with Gasteiger partial charge < -0.3 is 5.73 Å². The Morgan fingerprint density at radius 3 is 2.52 bits per heavy atom. The molecular weight excluding hydrogens is 345 g/mol. The van der Waals surface area contributed by atoms with Gasteiger partial charge >= 0.3 is 0 Å². The third kappa shape index (κ3) is 2.69. The van der Waals surface area contributed by atoms with Gasteiger partial charge in [0.05, 0.1) is 21.8 Å². The minimum atomic E-state index is 0.0267. The predicted molar refractivity (Wildman–Crippen MR) is 92.5 cm³/mol. The normalized spacial score (nSPS) is 13.2. The fourth-order valence-corrected chi connectivity index (χ4v) is 4.62. The van der Waals surface area contributed by atoms with Gasteiger partial charge in [-0.1, -0.05) is 37.0 Å². The Morgan fingerprint density at radius 1 is 1.10 bits per heavy atom. The molecule has 3 rings (SSSR count). The molecule has 0 fully saturated rings. The van der Waals surface area contributed by atoms with E-state index in [2.05, 4.69) is 28.7 Å². The molecule has 0 spiro atoms. The molecule has 2 heterocycles. The van der Waals surface area contributed by atoms with Crippen molar-refractivity contribution in [3.8, 4) is 10.4 Å². The Bertz CT molecular complexity index is 795. The van der Waals surface area contributed by atoms with Gasteiger partial charge in [0.2, 0.25) is 0 Å². The lowest BCUT2D eigenvalue weighted by molar-refractivity contribution is 0.521. The van der Waals surface area contributed by atoms with Crippen molar-refractivity contribution in [2.24, 2.45) is 11.7 Å². The van der Waals surface area contributed by atoms with Gasteiger partial charge in [-0.05, 0) is 24.1 Å². The number of fused-ring (bicyclic) bond motifs is 1. The van der Waals surface area contributed by atoms with E-state index in [9.17, 15) is 0 Å². The van der Waals surface area contributed by atoms with Gasteiger partial charge in [0.25, 0.3) is 0 Å². The summed E-state index contributed by atoms with van der Waals surface area (Å²) in [6, 6.07) is 5.85. The van der Waals surface area contributed by atoms with Crippen LogP contribution in [0.2, 0.25) is 10.0 Å². The van der Waals surface area contributed by atoms with Crippen LogP contribution in [0.4, 0.5) is 0 Å². The molecule has 1 aromatic carbocycles. The zero-order chi connectivity index (χ0) is 15.1. The lowest BCUT2D eigenvalue weighted by atomic mass is 10.0. The third-order valence-corrected chi connectivity index (χ3v) is 5.68. The molecule has 0 radical (unpaired) electrons. The lowest BCUT2D eigenvalue weighted by Gasteiger charge is -2.13. The van der Waals surface area contributed by atoms with E-state index in [4.69, 9.17) is 28.9 Å². The standard InChI is InChI=1S/C14H13Cl2N3S2/c1-6(2)12(17)10-4-3-9(20-10)11-7(15)5-8(16)13-14(11)19-21-18-13/h3-6,12H,17H2,1-2H3. The molecule has 0 aliphatic rings. The molecule has 0 bridgehead atoms. The molecule has 110 valence electrons. The third-order valence-electron chi connectivity index (χ3n) is 3.36. The van der Waals surface area contributed by atoms with Gasteiger partial charge in [0.15, 0.2) is 0 Å². The van der Waals surface area contributed by atoms with E-state index in [-0.39, 0.29) is 6.04 Å². The van der Waals surface area contributed by atoms with E-state index in [1.165, 1.54) is 0 Å². The van der Waals surface area contributed by atoms with E-state index in [0.29, 0.717) is 21.5 Å². The highest BCUT2D eigenvalue weighted by atomic mass is 35.5. The van der Waals surface area contributed by atoms with Crippen molar-refractivity contribution in [1.82, 2.24) is 8.75 Å². The molecule has 3 aromatic rings. The monoisotopic (exact) mass is 357 g/mol. The molecule has 21 heavy (non-hydrogen) atoms. The van der Waals surface area contributed by atoms with E-state index < -0.39 is 0 Å². The zero-order valence-electron chi connectivity index (χ0n) is 11.4. The van der Waals surface area contributed by atoms with Crippen LogP contribution in [0.1, 0.15) is 24.8 Å². The van der Waals surface area contributed by atoms with E-state index in [0.717, 1.165) is 32.6 Å². The number of halogens is 2. The smallest absolute Gasteiger partial charge is 0.124 e. The van der Waals surface area contributed by atoms with Crippen LogP contribution >= 0.6 is 46.3 Å². The number of nitrogens with two attached hydrogens (primary N) is 1. The van der Waals surface area contributed by atoms with E-state index >= 15 is 0 Å². The van der Waals surface area contributed by atoms with Gasteiger partial charge in [-0.25, -0.2) is 0 Å². The summed E-state index contributed by atoms with van der Waals surface area (Å²) in [5.41, 5.74) is 8.55. The van der Waals surface area contributed by atoms with Crippen molar-refractivity contribution < 1.29 is 0 Å². The van der Waals surface area contributed by atoms with Gasteiger partial charge in [-0.3, -0.25) is 0 Å². The summed E-state index contributed by atoms with van der Waals surface area (Å²) in [6.45, 7) is 4.23. The van der Waals surface area contributed by atoms with Crippen LogP contribution in [0.25, 0.3) is 21.5 Å². The van der Waals surface area contributed by atoms with Gasteiger partial charge in [0, 0.05) is 21.4 Å². The van der Waals surface area contributed by atoms with Crippen LogP contribution in [-0.2, 0) is 0 Å². The second-order valence-electron chi connectivity index (χ2n) is 5.15. The largest absolute Gasteiger partial charge is 0.323 e. The first-order valence-corrected chi connectivity index (χ1v) is 8.75. The molecule has 0 saturated heterocycles. The Labute approximate surface area is 141 Å². The first-order valence-electron chi connectivity index (χ1n) is 6.45. The highest BCUT2D eigenvalue weighted by Crippen LogP contribution is 2.42. The first kappa shape index (κ1) is 15.2. The van der Waals surface area contributed by atoms with Crippen LogP contribution in [0.5, 0.6) is 0 Å². The quantitative estimate of drug-likeness (QED) is 0.684. The molecule has 1 unspecified atom stereocenters. The van der Waals surface area contributed by atoms with Crippen molar-refractivity contribution in [3.63, 3.8) is 0 Å². The number of rotatable bonds is 3. The van der Waals surface area contributed by atoms with Crippen LogP contribution < -0.4 is 5.73 Å². The highest BCUT2D eigenvalue weighted by molar-refractivity contribution is 7.15. The maximum atomic E-state index is 6.38. The number of aromatic nitrogens is 2. The van der Waals surface area contributed by atoms with Gasteiger partial charge in [-0.2, -0.15) is 8.75 Å². The molecular formula is C14H13Cl2N3S2. The number of benzene rings is 1. The Kier molecular flexibility index (Phi) is 4.21. The highest BCUT2D eigenvalue weighted by Gasteiger charge is 2.19. The van der Waals surface area contributed by atoms with Crippen LogP contribution in [-0.4, -0.2) is 8.75 Å². The molecule has 0 aliphatic heterocycles. The first-order chi connectivity index (χ1) is 9.99. The topological polar surface area (TPSA) is 51.8 Å². The molecule has 2 N–H and O–H groups in total. The van der Waals surface area contributed by atoms with Crippen molar-refractivity contribution in [1.29, 1.82) is 0 Å². The molecule has 0 saturated carbocycles. The molecule has 0 aliphatic carbocycles. The Morgan fingerprint density at radius 2 is 1.81 bits per heavy atom. The average Bonchev–Trinajstić information content (AvgIpc) is 3.06. The summed E-state index contributed by atoms with van der Waals surface area (Å²) >= 11 is 15.3. The Hall–Kier alpha value is -0.720. The lowest BCUT2D eigenvalue weighted by Crippen LogP contribution is -2.14. The summed E-state index contributed by atoms with van der Waals surface area (Å²) in [4.78, 5) is 2.18. The summed E-state index contributed by atoms with van der Waals surface area (Å²) in [7, 11) is 0. The van der Waals surface area contributed by atoms with Crippen LogP contribution in [0.15, 0.2) is 18.2 Å². The zero-order valence-corrected chi connectivity index (χ0v) is 14.6. The SMILES string of the molecule is CC(C)C(N)c1ccc(-c2c(Cl)cc(Cl)c3nsnc23)s1. The second-order valence-corrected chi connectivity index (χ2v) is 7.61. The van der Waals surface area contributed by atoms with Crippen molar-refractivity contribution in [2.75, 3.05) is 0 Å². The van der Waals surface area contributed by atoms with E-state index in [1.54, 1.807) is 17.4 Å². The summed E-state index contributed by atoms with van der Waals surface area (Å²) in [5, 5.41) is 1.12. The summed E-state index contributed by atoms with van der Waals surface area (Å²) in [6.07, 6.45) is 0. The number of hydrogen-bond donors (Lipinski definition) is 1. The maximum absolute atomic E-state index is 6.38. The minimum Gasteiger partial charge on any atom is -0.323 e. The molecule has 0 amide bonds. The Balaban J connectivity index is 2.15. The van der Waals surface area contributed by atoms with Crippen LogP contribution in [0.3, 0.4) is 0 Å².